The Bertz CT molecular complexity index is 1260. The number of unbranched alkanes of at least 4 members (excludes halogenated alkanes) is 1. The number of hydrogen-bond donors (Lipinski definition) is 0. The largest absolute Gasteiger partial charge is 0.449 e. The molecule has 1 fully saturated rings. The minimum atomic E-state index is -3.61. The summed E-state index contributed by atoms with van der Waals surface area (Å²) in [6.45, 7) is 3.61. The fraction of sp³-hybridized carbons (Fsp3) is 0.320. The summed E-state index contributed by atoms with van der Waals surface area (Å²) in [6.07, 6.45) is 1.41. The van der Waals surface area contributed by atoms with Gasteiger partial charge in [-0.15, -0.1) is 0 Å². The van der Waals surface area contributed by atoms with E-state index in [1.54, 1.807) is 28.8 Å². The second-order valence-electron chi connectivity index (χ2n) is 8.09. The van der Waals surface area contributed by atoms with Crippen molar-refractivity contribution in [3.63, 3.8) is 0 Å². The number of amides is 1. The van der Waals surface area contributed by atoms with E-state index < -0.39 is 10.0 Å². The summed E-state index contributed by atoms with van der Waals surface area (Å²) >= 11 is 5.09. The zero-order valence-corrected chi connectivity index (χ0v) is 22.2. The molecule has 1 aliphatic rings. The second-order valence-corrected chi connectivity index (χ2v) is 12.1. The van der Waals surface area contributed by atoms with Crippen molar-refractivity contribution < 1.29 is 17.9 Å². The summed E-state index contributed by atoms with van der Waals surface area (Å²) < 4.78 is 33.9. The van der Waals surface area contributed by atoms with Gasteiger partial charge in [-0.2, -0.15) is 4.31 Å². The van der Waals surface area contributed by atoms with Crippen LogP contribution in [-0.2, 0) is 14.8 Å². The number of carbonyl (C=O) groups excluding carboxylic acids is 1. The molecule has 1 aliphatic heterocycles. The smallest absolute Gasteiger partial charge is 0.409 e. The van der Waals surface area contributed by atoms with E-state index in [1.807, 2.05) is 25.1 Å². The van der Waals surface area contributed by atoms with E-state index in [2.05, 4.69) is 46.3 Å². The van der Waals surface area contributed by atoms with Crippen LogP contribution in [-0.4, -0.2) is 56.5 Å². The average molecular weight is 564 g/mol. The van der Waals surface area contributed by atoms with Crippen LogP contribution in [0.15, 0.2) is 79.8 Å². The van der Waals surface area contributed by atoms with Gasteiger partial charge in [-0.05, 0) is 65.7 Å². The molecule has 0 bridgehead atoms. The van der Waals surface area contributed by atoms with Crippen LogP contribution in [0.1, 0.15) is 19.8 Å². The maximum Gasteiger partial charge on any atom is 0.409 e. The highest BCUT2D eigenvalue weighted by Gasteiger charge is 2.30. The first-order chi connectivity index (χ1) is 16.4. The first kappa shape index (κ1) is 25.0. The average Bonchev–Trinajstić information content (AvgIpc) is 2.84. The number of benzene rings is 3. The van der Waals surface area contributed by atoms with Gasteiger partial charge in [-0.3, -0.25) is 0 Å². The van der Waals surface area contributed by atoms with Crippen LogP contribution in [0.25, 0.3) is 10.8 Å². The van der Waals surface area contributed by atoms with Crippen LogP contribution in [0.2, 0.25) is 0 Å². The third-order valence-electron chi connectivity index (χ3n) is 5.69. The van der Waals surface area contributed by atoms with Gasteiger partial charge >= 0.3 is 6.09 Å². The predicted molar refractivity (Wildman–Crippen MR) is 139 cm³/mol. The van der Waals surface area contributed by atoms with Gasteiger partial charge in [0.1, 0.15) is 0 Å². The lowest BCUT2D eigenvalue weighted by atomic mass is 10.1. The molecule has 9 heteroatoms. The van der Waals surface area contributed by atoms with Gasteiger partial charge in [0.05, 0.1) is 11.5 Å². The lowest BCUT2D eigenvalue weighted by Crippen LogP contribution is -2.50. The molecule has 0 saturated carbocycles. The highest BCUT2D eigenvalue weighted by Crippen LogP contribution is 2.32. The lowest BCUT2D eigenvalue weighted by Gasteiger charge is -2.33. The van der Waals surface area contributed by atoms with Crippen LogP contribution in [0.5, 0.6) is 0 Å². The Morgan fingerprint density at radius 2 is 1.59 bits per heavy atom. The summed E-state index contributed by atoms with van der Waals surface area (Å²) in [7, 11) is -3.61. The van der Waals surface area contributed by atoms with Crippen molar-refractivity contribution in [2.45, 2.75) is 34.5 Å². The monoisotopic (exact) mass is 562 g/mol. The number of piperazine rings is 1. The van der Waals surface area contributed by atoms with Gasteiger partial charge in [-0.1, -0.05) is 53.2 Å². The van der Waals surface area contributed by atoms with E-state index in [0.29, 0.717) is 19.7 Å². The zero-order chi connectivity index (χ0) is 24.1. The van der Waals surface area contributed by atoms with Crippen molar-refractivity contribution in [3.05, 3.63) is 65.1 Å². The molecular weight excluding hydrogens is 536 g/mol. The van der Waals surface area contributed by atoms with Crippen LogP contribution in [0, 0.1) is 0 Å². The van der Waals surface area contributed by atoms with E-state index in [1.165, 1.54) is 4.31 Å². The van der Waals surface area contributed by atoms with Crippen LogP contribution in [0.3, 0.4) is 0 Å². The van der Waals surface area contributed by atoms with Crippen molar-refractivity contribution in [3.8, 4) is 0 Å². The van der Waals surface area contributed by atoms with Gasteiger partial charge in [0, 0.05) is 40.4 Å². The maximum atomic E-state index is 13.1. The highest BCUT2D eigenvalue weighted by molar-refractivity contribution is 9.10. The quantitative estimate of drug-likeness (QED) is 0.330. The summed E-state index contributed by atoms with van der Waals surface area (Å²) in [5.74, 6) is 0. The fourth-order valence-corrected chi connectivity index (χ4v) is 6.40. The van der Waals surface area contributed by atoms with E-state index >= 15 is 0 Å². The molecule has 4 rings (SSSR count). The summed E-state index contributed by atoms with van der Waals surface area (Å²) in [4.78, 5) is 16.0. The van der Waals surface area contributed by atoms with Gasteiger partial charge < -0.3 is 9.64 Å². The molecule has 3 aromatic rings. The normalized spacial score (nSPS) is 14.9. The fourth-order valence-electron chi connectivity index (χ4n) is 3.73. The summed E-state index contributed by atoms with van der Waals surface area (Å²) in [6, 6.07) is 19.4. The van der Waals surface area contributed by atoms with Crippen molar-refractivity contribution in [2.75, 3.05) is 32.8 Å². The number of nitrogens with zero attached hydrogens (tertiary/aromatic N) is 2. The second kappa shape index (κ2) is 11.1. The van der Waals surface area contributed by atoms with E-state index in [-0.39, 0.29) is 24.1 Å². The molecule has 1 heterocycles. The van der Waals surface area contributed by atoms with Crippen molar-refractivity contribution >= 4 is 54.6 Å². The SMILES string of the molecule is CCCCOC(=O)N1CCN(S(=O)(=O)c2ccc(Sc3ccc4cc(Br)ccc4c3)cc2)CC1. The van der Waals surface area contributed by atoms with Crippen molar-refractivity contribution in [1.29, 1.82) is 0 Å². The number of ether oxygens (including phenoxy) is 1. The van der Waals surface area contributed by atoms with Gasteiger partial charge in [0.15, 0.2) is 0 Å². The topological polar surface area (TPSA) is 66.9 Å². The summed E-state index contributed by atoms with van der Waals surface area (Å²) in [5.41, 5.74) is 0. The Labute approximate surface area is 213 Å². The Hall–Kier alpha value is -2.07. The standard InChI is InChI=1S/C25H27BrN2O4S2/c1-2-3-16-32-25(29)27-12-14-28(15-13-27)34(30,31)24-10-8-22(9-11-24)33-23-7-5-19-17-21(26)6-4-20(19)18-23/h4-11,17-18H,2-3,12-16H2,1H3. The molecule has 34 heavy (non-hydrogen) atoms. The Morgan fingerprint density at radius 1 is 0.941 bits per heavy atom. The molecule has 6 nitrogen and oxygen atoms in total. The number of sulfonamides is 1. The molecule has 180 valence electrons. The number of carbonyl (C=O) groups is 1. The highest BCUT2D eigenvalue weighted by atomic mass is 79.9. The van der Waals surface area contributed by atoms with Crippen molar-refractivity contribution in [1.82, 2.24) is 9.21 Å². The predicted octanol–water partition coefficient (Wildman–Crippen LogP) is 6.00. The van der Waals surface area contributed by atoms with Crippen LogP contribution in [0.4, 0.5) is 4.79 Å². The Morgan fingerprint density at radius 3 is 2.29 bits per heavy atom. The van der Waals surface area contributed by atoms with Crippen LogP contribution >= 0.6 is 27.7 Å². The first-order valence-electron chi connectivity index (χ1n) is 11.3. The van der Waals surface area contributed by atoms with E-state index in [9.17, 15) is 13.2 Å². The van der Waals surface area contributed by atoms with Crippen LogP contribution < -0.4 is 0 Å². The molecule has 0 aromatic heterocycles. The maximum absolute atomic E-state index is 13.1. The van der Waals surface area contributed by atoms with Gasteiger partial charge in [0.25, 0.3) is 0 Å². The molecule has 0 radical (unpaired) electrons. The van der Waals surface area contributed by atoms with Crippen molar-refractivity contribution in [2.24, 2.45) is 0 Å². The molecule has 0 aliphatic carbocycles. The zero-order valence-electron chi connectivity index (χ0n) is 18.9. The molecule has 0 unspecified atom stereocenters. The van der Waals surface area contributed by atoms with E-state index in [0.717, 1.165) is 37.9 Å². The first-order valence-corrected chi connectivity index (χ1v) is 14.3. The third kappa shape index (κ3) is 5.94. The number of hydrogen-bond acceptors (Lipinski definition) is 5. The number of rotatable bonds is 7. The Kier molecular flexibility index (Phi) is 8.18. The van der Waals surface area contributed by atoms with E-state index in [4.69, 9.17) is 4.74 Å². The number of fused-ring (bicyclic) bond motifs is 1. The molecule has 1 saturated heterocycles. The molecule has 0 atom stereocenters. The third-order valence-corrected chi connectivity index (χ3v) is 9.09. The minimum Gasteiger partial charge on any atom is -0.449 e. The molecule has 1 amide bonds. The molecule has 0 N–H and O–H groups in total. The minimum absolute atomic E-state index is 0.259. The molecular formula is C25H27BrN2O4S2. The molecule has 0 spiro atoms. The lowest BCUT2D eigenvalue weighted by molar-refractivity contribution is 0.0882. The van der Waals surface area contributed by atoms with Gasteiger partial charge in [-0.25, -0.2) is 13.2 Å². The van der Waals surface area contributed by atoms with Gasteiger partial charge in [0.2, 0.25) is 10.0 Å². The molecule has 3 aromatic carbocycles. The number of halogens is 1. The summed E-state index contributed by atoms with van der Waals surface area (Å²) in [5, 5.41) is 2.32. The Balaban J connectivity index is 1.37.